The minimum absolute atomic E-state index is 0.249. The lowest BCUT2D eigenvalue weighted by molar-refractivity contribution is 0.152. The Hall–Kier alpha value is -0.590. The molecule has 0 aliphatic carbocycles. The van der Waals surface area contributed by atoms with Crippen LogP contribution in [0.1, 0.15) is 33.1 Å². The minimum Gasteiger partial charge on any atom is -0.315 e. The average molecular weight is 195 g/mol. The van der Waals surface area contributed by atoms with Crippen LogP contribution in [0.5, 0.6) is 0 Å². The summed E-state index contributed by atoms with van der Waals surface area (Å²) >= 11 is 0. The molecule has 1 rings (SSSR count). The summed E-state index contributed by atoms with van der Waals surface area (Å²) in [4.78, 5) is 2.33. The van der Waals surface area contributed by atoms with Crippen molar-refractivity contribution in [2.24, 2.45) is 0 Å². The number of hydrogen-bond donors (Lipinski definition) is 1. The lowest BCUT2D eigenvalue weighted by atomic mass is 9.95. The first-order chi connectivity index (χ1) is 6.73. The van der Waals surface area contributed by atoms with E-state index in [9.17, 15) is 5.26 Å². The van der Waals surface area contributed by atoms with E-state index in [4.69, 9.17) is 0 Å². The summed E-state index contributed by atoms with van der Waals surface area (Å²) in [6, 6.07) is 2.48. The molecule has 0 spiro atoms. The second kappa shape index (κ2) is 5.33. The molecule has 0 amide bonds. The van der Waals surface area contributed by atoms with Gasteiger partial charge in [-0.05, 0) is 26.3 Å². The lowest BCUT2D eigenvalue weighted by Gasteiger charge is -2.34. The van der Waals surface area contributed by atoms with Crippen LogP contribution in [0.15, 0.2) is 0 Å². The van der Waals surface area contributed by atoms with Crippen molar-refractivity contribution >= 4 is 0 Å². The highest BCUT2D eigenvalue weighted by Crippen LogP contribution is 2.21. The fourth-order valence-electron chi connectivity index (χ4n) is 2.11. The van der Waals surface area contributed by atoms with E-state index >= 15 is 0 Å². The molecule has 0 radical (unpaired) electrons. The van der Waals surface area contributed by atoms with Crippen LogP contribution in [0.2, 0.25) is 0 Å². The summed E-state index contributed by atoms with van der Waals surface area (Å²) in [5.74, 6) is 0. The van der Waals surface area contributed by atoms with Gasteiger partial charge in [0, 0.05) is 19.6 Å². The summed E-state index contributed by atoms with van der Waals surface area (Å²) in [5.41, 5.74) is -0.249. The zero-order chi connectivity index (χ0) is 10.4. The number of nitrogens with zero attached hydrogens (tertiary/aromatic N) is 2. The van der Waals surface area contributed by atoms with Crippen LogP contribution >= 0.6 is 0 Å². The number of hydrogen-bond acceptors (Lipinski definition) is 3. The maximum atomic E-state index is 9.25. The van der Waals surface area contributed by atoms with E-state index in [0.29, 0.717) is 0 Å². The van der Waals surface area contributed by atoms with Crippen LogP contribution in [0.4, 0.5) is 0 Å². The molecule has 1 N–H and O–H groups in total. The van der Waals surface area contributed by atoms with Crippen molar-refractivity contribution in [3.63, 3.8) is 0 Å². The van der Waals surface area contributed by atoms with Crippen LogP contribution in [0.25, 0.3) is 0 Å². The average Bonchev–Trinajstić information content (AvgIpc) is 2.46. The van der Waals surface area contributed by atoms with Gasteiger partial charge in [-0.25, -0.2) is 0 Å². The van der Waals surface area contributed by atoms with E-state index in [1.165, 1.54) is 0 Å². The Bertz CT molecular complexity index is 201. The molecule has 1 unspecified atom stereocenters. The normalized spacial score (nSPS) is 23.5. The minimum atomic E-state index is -0.249. The molecule has 1 atom stereocenters. The van der Waals surface area contributed by atoms with Crippen LogP contribution in [0, 0.1) is 11.3 Å². The van der Waals surface area contributed by atoms with Crippen LogP contribution in [0.3, 0.4) is 0 Å². The highest BCUT2D eigenvalue weighted by molar-refractivity contribution is 5.05. The molecule has 1 fully saturated rings. The molecular weight excluding hydrogens is 174 g/mol. The third-order valence-electron chi connectivity index (χ3n) is 3.02. The van der Waals surface area contributed by atoms with E-state index in [1.54, 1.807) is 0 Å². The van der Waals surface area contributed by atoms with Crippen LogP contribution < -0.4 is 5.32 Å². The quantitative estimate of drug-likeness (QED) is 0.739. The Kier molecular flexibility index (Phi) is 4.37. The molecule has 0 aromatic carbocycles. The number of nitrogens with one attached hydrogen (secondary N) is 1. The third-order valence-corrected chi connectivity index (χ3v) is 3.02. The fraction of sp³-hybridized carbons (Fsp3) is 0.909. The fourth-order valence-corrected chi connectivity index (χ4v) is 2.11. The zero-order valence-electron chi connectivity index (χ0n) is 9.34. The van der Waals surface area contributed by atoms with Gasteiger partial charge in [0.25, 0.3) is 0 Å². The van der Waals surface area contributed by atoms with Crippen LogP contribution in [-0.4, -0.2) is 36.6 Å². The Labute approximate surface area is 87.1 Å². The molecule has 3 heteroatoms. The third kappa shape index (κ3) is 2.70. The van der Waals surface area contributed by atoms with Crippen molar-refractivity contribution in [2.75, 3.05) is 26.2 Å². The summed E-state index contributed by atoms with van der Waals surface area (Å²) in [6.07, 6.45) is 3.21. The van der Waals surface area contributed by atoms with Gasteiger partial charge in [-0.3, -0.25) is 4.90 Å². The van der Waals surface area contributed by atoms with Crippen molar-refractivity contribution in [3.05, 3.63) is 0 Å². The van der Waals surface area contributed by atoms with Gasteiger partial charge in [-0.1, -0.05) is 13.3 Å². The van der Waals surface area contributed by atoms with Crippen molar-refractivity contribution < 1.29 is 0 Å². The van der Waals surface area contributed by atoms with Gasteiger partial charge < -0.3 is 5.32 Å². The standard InChI is InChI=1S/C11H21N3/c1-3-5-11(2,10-12)14-8-4-6-13-7-9-14/h13H,3-9H2,1-2H3. The molecular formula is C11H21N3. The smallest absolute Gasteiger partial charge is 0.106 e. The molecule has 1 aliphatic rings. The van der Waals surface area contributed by atoms with E-state index in [-0.39, 0.29) is 5.54 Å². The first-order valence-electron chi connectivity index (χ1n) is 5.60. The molecule has 3 nitrogen and oxygen atoms in total. The second-order valence-corrected chi connectivity index (χ2v) is 4.23. The summed E-state index contributed by atoms with van der Waals surface area (Å²) < 4.78 is 0. The Morgan fingerprint density at radius 3 is 2.86 bits per heavy atom. The maximum Gasteiger partial charge on any atom is 0.106 e. The molecule has 0 aromatic rings. The van der Waals surface area contributed by atoms with Gasteiger partial charge >= 0.3 is 0 Å². The van der Waals surface area contributed by atoms with Gasteiger partial charge in [0.15, 0.2) is 0 Å². The summed E-state index contributed by atoms with van der Waals surface area (Å²) in [7, 11) is 0. The molecule has 0 saturated carbocycles. The molecule has 14 heavy (non-hydrogen) atoms. The first-order valence-corrected chi connectivity index (χ1v) is 5.60. The zero-order valence-corrected chi connectivity index (χ0v) is 9.34. The highest BCUT2D eigenvalue weighted by atomic mass is 15.2. The monoisotopic (exact) mass is 195 g/mol. The SMILES string of the molecule is CCCC(C)(C#N)N1CCCNCC1. The molecule has 0 bridgehead atoms. The summed E-state index contributed by atoms with van der Waals surface area (Å²) in [6.45, 7) is 8.37. The van der Waals surface area contributed by atoms with E-state index in [0.717, 1.165) is 45.4 Å². The maximum absolute atomic E-state index is 9.25. The predicted octanol–water partition coefficient (Wildman–Crippen LogP) is 1.36. The van der Waals surface area contributed by atoms with Gasteiger partial charge in [-0.15, -0.1) is 0 Å². The predicted molar refractivity (Wildman–Crippen MR) is 58.0 cm³/mol. The van der Waals surface area contributed by atoms with Crippen molar-refractivity contribution in [2.45, 2.75) is 38.6 Å². The van der Waals surface area contributed by atoms with Gasteiger partial charge in [0.2, 0.25) is 0 Å². The van der Waals surface area contributed by atoms with E-state index < -0.39 is 0 Å². The molecule has 1 saturated heterocycles. The summed E-state index contributed by atoms with van der Waals surface area (Å²) in [5, 5.41) is 12.6. The van der Waals surface area contributed by atoms with Crippen molar-refractivity contribution in [1.82, 2.24) is 10.2 Å². The second-order valence-electron chi connectivity index (χ2n) is 4.23. The molecule has 0 aromatic heterocycles. The Morgan fingerprint density at radius 2 is 2.21 bits per heavy atom. The highest BCUT2D eigenvalue weighted by Gasteiger charge is 2.30. The van der Waals surface area contributed by atoms with Gasteiger partial charge in [-0.2, -0.15) is 5.26 Å². The van der Waals surface area contributed by atoms with Gasteiger partial charge in [0.1, 0.15) is 5.54 Å². The first kappa shape index (κ1) is 11.5. The van der Waals surface area contributed by atoms with Crippen molar-refractivity contribution in [1.29, 1.82) is 5.26 Å². The Morgan fingerprint density at radius 1 is 1.43 bits per heavy atom. The Balaban J connectivity index is 2.62. The van der Waals surface area contributed by atoms with Crippen molar-refractivity contribution in [3.8, 4) is 6.07 Å². The number of rotatable bonds is 3. The number of nitriles is 1. The topological polar surface area (TPSA) is 39.1 Å². The molecule has 1 heterocycles. The molecule has 1 aliphatic heterocycles. The largest absolute Gasteiger partial charge is 0.315 e. The van der Waals surface area contributed by atoms with E-state index in [1.807, 2.05) is 0 Å². The lowest BCUT2D eigenvalue weighted by Crippen LogP contribution is -2.46. The van der Waals surface area contributed by atoms with E-state index in [2.05, 4.69) is 30.1 Å². The van der Waals surface area contributed by atoms with Gasteiger partial charge in [0.05, 0.1) is 6.07 Å². The molecule has 80 valence electrons. The van der Waals surface area contributed by atoms with Crippen LogP contribution in [-0.2, 0) is 0 Å².